The van der Waals surface area contributed by atoms with Gasteiger partial charge in [0, 0.05) is 13.7 Å². The second kappa shape index (κ2) is 7.28. The minimum Gasteiger partial charge on any atom is -0.383 e. The van der Waals surface area contributed by atoms with Gasteiger partial charge in [-0.05, 0) is 24.3 Å². The quantitative estimate of drug-likeness (QED) is 0.509. The summed E-state index contributed by atoms with van der Waals surface area (Å²) in [6, 6.07) is 13.4. The molecule has 0 N–H and O–H groups in total. The normalized spacial score (nSPS) is 12.3. The lowest BCUT2D eigenvalue weighted by Gasteiger charge is -2.05. The van der Waals surface area contributed by atoms with Crippen LogP contribution in [-0.4, -0.2) is 29.2 Å². The molecule has 0 atom stereocenters. The lowest BCUT2D eigenvalue weighted by Crippen LogP contribution is -2.19. The van der Waals surface area contributed by atoms with Gasteiger partial charge in [-0.25, -0.2) is 4.98 Å². The minimum atomic E-state index is -0.347. The topological polar surface area (TPSA) is 56.5 Å². The summed E-state index contributed by atoms with van der Waals surface area (Å²) < 4.78 is 9.07. The highest BCUT2D eigenvalue weighted by molar-refractivity contribution is 7.20. The van der Waals surface area contributed by atoms with Crippen molar-refractivity contribution < 1.29 is 9.53 Å². The SMILES string of the molecule is COCCn1c(=NC(=O)c2nc3ccccc3s2)sc2cccc(Cl)c21. The first kappa shape index (κ1) is 17.4. The van der Waals surface area contributed by atoms with Crippen molar-refractivity contribution in [1.82, 2.24) is 9.55 Å². The van der Waals surface area contributed by atoms with Crippen molar-refractivity contribution in [3.63, 3.8) is 0 Å². The summed E-state index contributed by atoms with van der Waals surface area (Å²) in [5.74, 6) is -0.347. The van der Waals surface area contributed by atoms with Crippen LogP contribution in [0.2, 0.25) is 5.02 Å². The van der Waals surface area contributed by atoms with Crippen molar-refractivity contribution in [3.05, 3.63) is 57.3 Å². The van der Waals surface area contributed by atoms with E-state index in [1.807, 2.05) is 47.0 Å². The minimum absolute atomic E-state index is 0.347. The zero-order chi connectivity index (χ0) is 18.1. The van der Waals surface area contributed by atoms with E-state index in [1.165, 1.54) is 22.7 Å². The van der Waals surface area contributed by atoms with Crippen molar-refractivity contribution in [2.75, 3.05) is 13.7 Å². The fourth-order valence-corrected chi connectivity index (χ4v) is 4.92. The molecule has 4 rings (SSSR count). The molecule has 132 valence electrons. The molecule has 2 aromatic heterocycles. The summed E-state index contributed by atoms with van der Waals surface area (Å²) in [4.78, 5) is 22.0. The highest BCUT2D eigenvalue weighted by Crippen LogP contribution is 2.26. The van der Waals surface area contributed by atoms with E-state index in [2.05, 4.69) is 9.98 Å². The van der Waals surface area contributed by atoms with E-state index in [0.717, 1.165) is 20.4 Å². The number of fused-ring (bicyclic) bond motifs is 2. The number of ether oxygens (including phenoxy) is 1. The molecular weight excluding hydrogens is 390 g/mol. The van der Waals surface area contributed by atoms with Gasteiger partial charge in [-0.2, -0.15) is 4.99 Å². The van der Waals surface area contributed by atoms with E-state index in [0.29, 0.717) is 28.0 Å². The molecule has 4 aromatic rings. The second-order valence-electron chi connectivity index (χ2n) is 5.52. The van der Waals surface area contributed by atoms with Crippen LogP contribution in [-0.2, 0) is 11.3 Å². The van der Waals surface area contributed by atoms with Crippen LogP contribution >= 0.6 is 34.3 Å². The standard InChI is InChI=1S/C18H14ClN3O2S2/c1-24-10-9-22-15-11(19)5-4-8-14(15)26-18(22)21-16(23)17-20-12-6-2-3-7-13(12)25-17/h2-8H,9-10H2,1H3. The van der Waals surface area contributed by atoms with Gasteiger partial charge >= 0.3 is 5.91 Å². The Bertz CT molecular complexity index is 1140. The molecule has 2 aromatic carbocycles. The predicted molar refractivity (Wildman–Crippen MR) is 106 cm³/mol. The van der Waals surface area contributed by atoms with Gasteiger partial charge in [-0.1, -0.05) is 41.1 Å². The molecule has 0 fully saturated rings. The maximum Gasteiger partial charge on any atom is 0.308 e. The zero-order valence-corrected chi connectivity index (χ0v) is 16.2. The van der Waals surface area contributed by atoms with Crippen LogP contribution in [0.15, 0.2) is 47.5 Å². The average molecular weight is 404 g/mol. The first-order valence-corrected chi connectivity index (χ1v) is 9.90. The monoisotopic (exact) mass is 403 g/mol. The Morgan fingerprint density at radius 1 is 1.19 bits per heavy atom. The highest BCUT2D eigenvalue weighted by Gasteiger charge is 2.14. The average Bonchev–Trinajstić information content (AvgIpc) is 3.22. The molecular formula is C18H14ClN3O2S2. The van der Waals surface area contributed by atoms with E-state index in [1.54, 1.807) is 7.11 Å². The van der Waals surface area contributed by atoms with Gasteiger partial charge < -0.3 is 9.30 Å². The summed E-state index contributed by atoms with van der Waals surface area (Å²) in [7, 11) is 1.64. The number of methoxy groups -OCH3 is 1. The highest BCUT2D eigenvalue weighted by atomic mass is 35.5. The Morgan fingerprint density at radius 2 is 2.00 bits per heavy atom. The number of carbonyl (C=O) groups is 1. The number of para-hydroxylation sites is 2. The number of rotatable bonds is 4. The van der Waals surface area contributed by atoms with E-state index in [4.69, 9.17) is 16.3 Å². The third-order valence-corrected chi connectivity index (χ3v) is 6.22. The number of thiazole rings is 2. The van der Waals surface area contributed by atoms with Crippen LogP contribution in [0.3, 0.4) is 0 Å². The number of aromatic nitrogens is 2. The smallest absolute Gasteiger partial charge is 0.308 e. The Morgan fingerprint density at radius 3 is 2.81 bits per heavy atom. The molecule has 0 spiro atoms. The van der Waals surface area contributed by atoms with E-state index < -0.39 is 0 Å². The molecule has 0 saturated heterocycles. The fraction of sp³-hybridized carbons (Fsp3) is 0.167. The van der Waals surface area contributed by atoms with E-state index >= 15 is 0 Å². The molecule has 8 heteroatoms. The molecule has 5 nitrogen and oxygen atoms in total. The molecule has 1 amide bonds. The van der Waals surface area contributed by atoms with E-state index in [-0.39, 0.29) is 5.91 Å². The van der Waals surface area contributed by atoms with Gasteiger partial charge in [0.25, 0.3) is 0 Å². The van der Waals surface area contributed by atoms with Crippen molar-refractivity contribution in [2.24, 2.45) is 4.99 Å². The van der Waals surface area contributed by atoms with Crippen LogP contribution in [0.5, 0.6) is 0 Å². The molecule has 2 heterocycles. The van der Waals surface area contributed by atoms with Gasteiger partial charge in [0.1, 0.15) is 0 Å². The Labute approximate surface area is 162 Å². The van der Waals surface area contributed by atoms with Crippen molar-refractivity contribution in [3.8, 4) is 0 Å². The number of benzene rings is 2. The molecule has 0 aliphatic carbocycles. The number of hydrogen-bond donors (Lipinski definition) is 0. The van der Waals surface area contributed by atoms with Crippen molar-refractivity contribution >= 4 is 60.6 Å². The Hall–Kier alpha value is -2.06. The molecule has 26 heavy (non-hydrogen) atoms. The molecule has 0 unspecified atom stereocenters. The first-order valence-electron chi connectivity index (χ1n) is 7.89. The molecule has 0 aliphatic heterocycles. The van der Waals surface area contributed by atoms with Crippen molar-refractivity contribution in [2.45, 2.75) is 6.54 Å². The Kier molecular flexibility index (Phi) is 4.86. The third kappa shape index (κ3) is 3.19. The maximum atomic E-state index is 12.7. The molecule has 0 bridgehead atoms. The van der Waals surface area contributed by atoms with Crippen LogP contribution in [0.1, 0.15) is 9.80 Å². The Balaban J connectivity index is 1.83. The van der Waals surface area contributed by atoms with Crippen LogP contribution in [0.4, 0.5) is 0 Å². The second-order valence-corrected chi connectivity index (χ2v) is 7.97. The number of halogens is 1. The largest absolute Gasteiger partial charge is 0.383 e. The molecule has 0 aliphatic rings. The van der Waals surface area contributed by atoms with Crippen LogP contribution < -0.4 is 4.80 Å². The predicted octanol–water partition coefficient (Wildman–Crippen LogP) is 4.35. The summed E-state index contributed by atoms with van der Waals surface area (Å²) in [6.07, 6.45) is 0. The number of carbonyl (C=O) groups excluding carboxylic acids is 1. The number of nitrogens with zero attached hydrogens (tertiary/aromatic N) is 3. The van der Waals surface area contributed by atoms with Gasteiger partial charge in [0.2, 0.25) is 0 Å². The van der Waals surface area contributed by atoms with Gasteiger partial charge in [0.15, 0.2) is 9.81 Å². The van der Waals surface area contributed by atoms with Crippen LogP contribution in [0.25, 0.3) is 20.4 Å². The first-order chi connectivity index (χ1) is 12.7. The fourth-order valence-electron chi connectivity index (χ4n) is 2.66. The summed E-state index contributed by atoms with van der Waals surface area (Å²) >= 11 is 9.15. The van der Waals surface area contributed by atoms with Crippen LogP contribution in [0, 0.1) is 0 Å². The molecule has 0 radical (unpaired) electrons. The summed E-state index contributed by atoms with van der Waals surface area (Å²) in [5, 5.41) is 1.01. The number of hydrogen-bond acceptors (Lipinski definition) is 5. The molecule has 0 saturated carbocycles. The number of amides is 1. The third-order valence-electron chi connectivity index (χ3n) is 3.84. The maximum absolute atomic E-state index is 12.7. The zero-order valence-electron chi connectivity index (χ0n) is 13.8. The van der Waals surface area contributed by atoms with Gasteiger partial charge in [0.05, 0.1) is 32.1 Å². The lowest BCUT2D eigenvalue weighted by molar-refractivity contribution is 0.0997. The van der Waals surface area contributed by atoms with Gasteiger partial charge in [-0.15, -0.1) is 11.3 Å². The summed E-state index contributed by atoms with van der Waals surface area (Å²) in [6.45, 7) is 1.06. The lowest BCUT2D eigenvalue weighted by atomic mass is 10.3. The summed E-state index contributed by atoms with van der Waals surface area (Å²) in [5.41, 5.74) is 1.68. The van der Waals surface area contributed by atoms with Crippen molar-refractivity contribution in [1.29, 1.82) is 0 Å². The van der Waals surface area contributed by atoms with E-state index in [9.17, 15) is 4.79 Å². The van der Waals surface area contributed by atoms with Gasteiger partial charge in [-0.3, -0.25) is 4.79 Å².